The quantitative estimate of drug-likeness (QED) is 0.836. The maximum atomic E-state index is 13.2. The fourth-order valence-electron chi connectivity index (χ4n) is 2.43. The molecule has 1 aromatic carbocycles. The fourth-order valence-corrected chi connectivity index (χ4v) is 2.60. The van der Waals surface area contributed by atoms with Gasteiger partial charge in [-0.3, -0.25) is 0 Å². The lowest BCUT2D eigenvalue weighted by Gasteiger charge is -2.48. The van der Waals surface area contributed by atoms with Gasteiger partial charge >= 0.3 is 0 Å². The number of halogens is 2. The van der Waals surface area contributed by atoms with E-state index in [1.165, 1.54) is 6.07 Å². The Balaban J connectivity index is 2.35. The van der Waals surface area contributed by atoms with Crippen molar-refractivity contribution in [3.8, 4) is 0 Å². The van der Waals surface area contributed by atoms with Crippen molar-refractivity contribution in [1.82, 2.24) is 0 Å². The van der Waals surface area contributed by atoms with Gasteiger partial charge in [-0.2, -0.15) is 0 Å². The molecule has 1 aliphatic heterocycles. The van der Waals surface area contributed by atoms with Crippen LogP contribution < -0.4 is 10.6 Å². The van der Waals surface area contributed by atoms with Gasteiger partial charge in [0.05, 0.1) is 5.02 Å². The Morgan fingerprint density at radius 1 is 1.47 bits per heavy atom. The predicted octanol–water partition coefficient (Wildman–Crippen LogP) is 3.19. The lowest BCUT2D eigenvalue weighted by Crippen LogP contribution is -2.59. The van der Waals surface area contributed by atoms with Crippen molar-refractivity contribution in [2.24, 2.45) is 5.73 Å². The SMILES string of the molecule is CC1(C)C(N)CCCN1c1ccc(F)c(Cl)c1. The van der Waals surface area contributed by atoms with Gasteiger partial charge in [0.2, 0.25) is 0 Å². The number of nitrogens with two attached hydrogens (primary N) is 1. The number of hydrogen-bond donors (Lipinski definition) is 1. The van der Waals surface area contributed by atoms with E-state index < -0.39 is 0 Å². The molecule has 1 unspecified atom stereocenters. The predicted molar refractivity (Wildman–Crippen MR) is 70.0 cm³/mol. The molecule has 1 atom stereocenters. The summed E-state index contributed by atoms with van der Waals surface area (Å²) in [6.45, 7) is 5.17. The summed E-state index contributed by atoms with van der Waals surface area (Å²) in [5, 5.41) is 0.164. The van der Waals surface area contributed by atoms with Crippen LogP contribution in [0.5, 0.6) is 0 Å². The van der Waals surface area contributed by atoms with E-state index in [0.29, 0.717) is 0 Å². The summed E-state index contributed by atoms with van der Waals surface area (Å²) < 4.78 is 13.2. The fraction of sp³-hybridized carbons (Fsp3) is 0.538. The highest BCUT2D eigenvalue weighted by Gasteiger charge is 2.36. The first-order chi connectivity index (χ1) is 7.93. The first-order valence-corrected chi connectivity index (χ1v) is 6.29. The van der Waals surface area contributed by atoms with Crippen LogP contribution in [-0.2, 0) is 0 Å². The van der Waals surface area contributed by atoms with Gasteiger partial charge in [0.1, 0.15) is 5.82 Å². The van der Waals surface area contributed by atoms with E-state index in [1.807, 2.05) is 0 Å². The average molecular weight is 257 g/mol. The molecule has 2 rings (SSSR count). The molecule has 0 aliphatic carbocycles. The molecule has 0 radical (unpaired) electrons. The van der Waals surface area contributed by atoms with Crippen molar-refractivity contribution in [3.05, 3.63) is 29.0 Å². The smallest absolute Gasteiger partial charge is 0.141 e. The van der Waals surface area contributed by atoms with Crippen LogP contribution >= 0.6 is 11.6 Å². The molecule has 0 bridgehead atoms. The number of anilines is 1. The topological polar surface area (TPSA) is 29.3 Å². The van der Waals surface area contributed by atoms with E-state index >= 15 is 0 Å². The Kier molecular flexibility index (Phi) is 3.32. The molecule has 4 heteroatoms. The molecular weight excluding hydrogens is 239 g/mol. The third kappa shape index (κ3) is 2.26. The van der Waals surface area contributed by atoms with Gasteiger partial charge in [-0.1, -0.05) is 11.6 Å². The molecule has 2 nitrogen and oxygen atoms in total. The van der Waals surface area contributed by atoms with Gasteiger partial charge in [0.15, 0.2) is 0 Å². The molecule has 0 spiro atoms. The van der Waals surface area contributed by atoms with Crippen LogP contribution in [0.3, 0.4) is 0 Å². The summed E-state index contributed by atoms with van der Waals surface area (Å²) in [5.41, 5.74) is 6.98. The summed E-state index contributed by atoms with van der Waals surface area (Å²) in [7, 11) is 0. The van der Waals surface area contributed by atoms with Crippen LogP contribution in [0.4, 0.5) is 10.1 Å². The second kappa shape index (κ2) is 4.46. The third-order valence-corrected chi connectivity index (χ3v) is 4.00. The Hall–Kier alpha value is -0.800. The van der Waals surface area contributed by atoms with Crippen LogP contribution in [0, 0.1) is 5.82 Å². The summed E-state index contributed by atoms with van der Waals surface area (Å²) >= 11 is 5.83. The lowest BCUT2D eigenvalue weighted by molar-refractivity contribution is 0.310. The summed E-state index contributed by atoms with van der Waals surface area (Å²) in [4.78, 5) is 2.21. The minimum Gasteiger partial charge on any atom is -0.365 e. The van der Waals surface area contributed by atoms with E-state index in [-0.39, 0.29) is 22.4 Å². The molecule has 1 aliphatic rings. The van der Waals surface area contributed by atoms with Gasteiger partial charge in [0, 0.05) is 23.8 Å². The summed E-state index contributed by atoms with van der Waals surface area (Å²) in [5.74, 6) is -0.380. The van der Waals surface area contributed by atoms with Gasteiger partial charge in [-0.05, 0) is 44.9 Å². The summed E-state index contributed by atoms with van der Waals surface area (Å²) in [6, 6.07) is 4.98. The van der Waals surface area contributed by atoms with Crippen LogP contribution in [0.15, 0.2) is 18.2 Å². The summed E-state index contributed by atoms with van der Waals surface area (Å²) in [6.07, 6.45) is 2.08. The second-order valence-electron chi connectivity index (χ2n) is 5.15. The Morgan fingerprint density at radius 3 is 2.82 bits per heavy atom. The van der Waals surface area contributed by atoms with E-state index in [0.717, 1.165) is 25.1 Å². The van der Waals surface area contributed by atoms with E-state index in [2.05, 4.69) is 18.7 Å². The number of benzene rings is 1. The van der Waals surface area contributed by atoms with Crippen LogP contribution in [-0.4, -0.2) is 18.1 Å². The number of nitrogens with zero attached hydrogens (tertiary/aromatic N) is 1. The molecule has 17 heavy (non-hydrogen) atoms. The zero-order valence-electron chi connectivity index (χ0n) is 10.2. The molecule has 2 N–H and O–H groups in total. The van der Waals surface area contributed by atoms with Crippen molar-refractivity contribution in [3.63, 3.8) is 0 Å². The standard InChI is InChI=1S/C13H18ClFN2/c1-13(2)12(16)4-3-7-17(13)9-5-6-11(15)10(14)8-9/h5-6,8,12H,3-4,7,16H2,1-2H3. The molecule has 1 heterocycles. The number of hydrogen-bond acceptors (Lipinski definition) is 2. The largest absolute Gasteiger partial charge is 0.365 e. The molecule has 1 fully saturated rings. The average Bonchev–Trinajstić information content (AvgIpc) is 2.26. The Bertz CT molecular complexity index is 420. The minimum atomic E-state index is -0.380. The minimum absolute atomic E-state index is 0.125. The molecule has 1 saturated heterocycles. The van der Waals surface area contributed by atoms with Crippen molar-refractivity contribution < 1.29 is 4.39 Å². The number of rotatable bonds is 1. The van der Waals surface area contributed by atoms with Gasteiger partial charge in [0.25, 0.3) is 0 Å². The number of piperidine rings is 1. The van der Waals surface area contributed by atoms with Gasteiger partial charge < -0.3 is 10.6 Å². The van der Waals surface area contributed by atoms with Crippen LogP contribution in [0.25, 0.3) is 0 Å². The highest BCUT2D eigenvalue weighted by Crippen LogP contribution is 2.33. The van der Waals surface area contributed by atoms with Crippen molar-refractivity contribution in [2.45, 2.75) is 38.3 Å². The molecule has 94 valence electrons. The highest BCUT2D eigenvalue weighted by molar-refractivity contribution is 6.31. The van der Waals surface area contributed by atoms with Crippen molar-refractivity contribution in [1.29, 1.82) is 0 Å². The van der Waals surface area contributed by atoms with Crippen LogP contribution in [0.2, 0.25) is 5.02 Å². The van der Waals surface area contributed by atoms with Gasteiger partial charge in [-0.15, -0.1) is 0 Å². The Labute approximate surface area is 107 Å². The maximum absolute atomic E-state index is 13.2. The zero-order valence-corrected chi connectivity index (χ0v) is 11.0. The monoisotopic (exact) mass is 256 g/mol. The van der Waals surface area contributed by atoms with Crippen molar-refractivity contribution >= 4 is 17.3 Å². The maximum Gasteiger partial charge on any atom is 0.141 e. The first-order valence-electron chi connectivity index (χ1n) is 5.91. The third-order valence-electron chi connectivity index (χ3n) is 3.71. The van der Waals surface area contributed by atoms with Gasteiger partial charge in [-0.25, -0.2) is 4.39 Å². The molecule has 0 saturated carbocycles. The van der Waals surface area contributed by atoms with Crippen molar-refractivity contribution in [2.75, 3.05) is 11.4 Å². The first kappa shape index (κ1) is 12.7. The Morgan fingerprint density at radius 2 is 2.18 bits per heavy atom. The normalized spacial score (nSPS) is 23.8. The van der Waals surface area contributed by atoms with Crippen LogP contribution in [0.1, 0.15) is 26.7 Å². The molecular formula is C13H18ClFN2. The van der Waals surface area contributed by atoms with E-state index in [4.69, 9.17) is 17.3 Å². The molecule has 1 aromatic rings. The zero-order chi connectivity index (χ0) is 12.6. The highest BCUT2D eigenvalue weighted by atomic mass is 35.5. The molecule has 0 amide bonds. The second-order valence-corrected chi connectivity index (χ2v) is 5.56. The van der Waals surface area contributed by atoms with E-state index in [1.54, 1.807) is 12.1 Å². The molecule has 0 aromatic heterocycles. The lowest BCUT2D eigenvalue weighted by atomic mass is 9.85. The van der Waals surface area contributed by atoms with E-state index in [9.17, 15) is 4.39 Å².